The van der Waals surface area contributed by atoms with Crippen LogP contribution in [0.2, 0.25) is 5.02 Å². The van der Waals surface area contributed by atoms with Crippen LogP contribution in [-0.2, 0) is 10.0 Å². The topological polar surface area (TPSA) is 75.7 Å². The third-order valence-corrected chi connectivity index (χ3v) is 7.40. The number of ether oxygens (including phenoxy) is 1. The fourth-order valence-corrected chi connectivity index (χ4v) is 5.19. The molecular weight excluding hydrogens is 420 g/mol. The van der Waals surface area contributed by atoms with Gasteiger partial charge in [-0.15, -0.1) is 11.3 Å². The van der Waals surface area contributed by atoms with Gasteiger partial charge in [0.25, 0.3) is 15.9 Å². The molecule has 0 atom stereocenters. The van der Waals surface area contributed by atoms with Gasteiger partial charge in [0.2, 0.25) is 0 Å². The molecule has 3 aromatic rings. The molecule has 1 heterocycles. The highest BCUT2D eigenvalue weighted by Crippen LogP contribution is 2.33. The normalized spacial score (nSPS) is 11.4. The highest BCUT2D eigenvalue weighted by molar-refractivity contribution is 7.92. The number of thiophene rings is 1. The molecule has 3 rings (SSSR count). The Bertz CT molecular complexity index is 1140. The molecule has 1 aromatic heterocycles. The van der Waals surface area contributed by atoms with Crippen LogP contribution in [0.4, 0.5) is 5.69 Å². The van der Waals surface area contributed by atoms with Gasteiger partial charge in [-0.05, 0) is 54.8 Å². The van der Waals surface area contributed by atoms with Gasteiger partial charge in [-0.1, -0.05) is 11.6 Å². The first-order valence-corrected chi connectivity index (χ1v) is 11.1. The van der Waals surface area contributed by atoms with E-state index in [1.165, 1.54) is 48.0 Å². The van der Waals surface area contributed by atoms with Gasteiger partial charge in [-0.3, -0.25) is 9.10 Å². The Balaban J connectivity index is 1.96. The quantitative estimate of drug-likeness (QED) is 0.627. The lowest BCUT2D eigenvalue weighted by Gasteiger charge is -2.20. The zero-order chi connectivity index (χ0) is 20.5. The first kappa shape index (κ1) is 20.4. The Labute approximate surface area is 172 Å². The fraction of sp³-hybridized carbons (Fsp3) is 0.211. The maximum atomic E-state index is 13.0. The molecule has 28 heavy (non-hydrogen) atoms. The molecule has 148 valence electrons. The highest BCUT2D eigenvalue weighted by Gasteiger charge is 2.23. The molecule has 0 fully saturated rings. The minimum Gasteiger partial charge on any atom is -0.495 e. The molecule has 0 saturated heterocycles. The van der Waals surface area contributed by atoms with Crippen LogP contribution in [0.3, 0.4) is 0 Å². The van der Waals surface area contributed by atoms with Crippen molar-refractivity contribution in [1.29, 1.82) is 0 Å². The first-order chi connectivity index (χ1) is 13.3. The summed E-state index contributed by atoms with van der Waals surface area (Å²) in [6.07, 6.45) is 0. The highest BCUT2D eigenvalue weighted by atomic mass is 35.5. The number of nitrogens with one attached hydrogen (secondary N) is 1. The number of fused-ring (bicyclic) bond motifs is 1. The molecule has 0 saturated carbocycles. The van der Waals surface area contributed by atoms with E-state index in [9.17, 15) is 13.2 Å². The predicted octanol–water partition coefficient (Wildman–Crippen LogP) is 4.14. The van der Waals surface area contributed by atoms with E-state index in [1.807, 2.05) is 13.0 Å². The summed E-state index contributed by atoms with van der Waals surface area (Å²) >= 11 is 7.44. The maximum absolute atomic E-state index is 13.0. The van der Waals surface area contributed by atoms with Gasteiger partial charge in [-0.25, -0.2) is 8.42 Å². The molecule has 0 spiro atoms. The van der Waals surface area contributed by atoms with Gasteiger partial charge in [-0.2, -0.15) is 0 Å². The first-order valence-electron chi connectivity index (χ1n) is 8.42. The van der Waals surface area contributed by atoms with E-state index in [0.29, 0.717) is 22.9 Å². The number of carbonyl (C=O) groups is 1. The maximum Gasteiger partial charge on any atom is 0.264 e. The van der Waals surface area contributed by atoms with Crippen molar-refractivity contribution in [3.63, 3.8) is 0 Å². The van der Waals surface area contributed by atoms with Gasteiger partial charge in [0.1, 0.15) is 5.75 Å². The molecule has 0 radical (unpaired) electrons. The van der Waals surface area contributed by atoms with E-state index in [4.69, 9.17) is 16.3 Å². The van der Waals surface area contributed by atoms with Crippen LogP contribution >= 0.6 is 22.9 Å². The van der Waals surface area contributed by atoms with E-state index in [0.717, 1.165) is 10.1 Å². The van der Waals surface area contributed by atoms with E-state index in [-0.39, 0.29) is 15.8 Å². The van der Waals surface area contributed by atoms with E-state index >= 15 is 0 Å². The lowest BCUT2D eigenvalue weighted by Crippen LogP contribution is -2.26. The van der Waals surface area contributed by atoms with Crippen LogP contribution in [0.1, 0.15) is 16.6 Å². The SMILES string of the molecule is CCNC(=O)c1cc2cc(N(C)S(=O)(=O)c3ccc(OC)c(Cl)c3)ccc2s1. The molecule has 1 N–H and O–H groups in total. The van der Waals surface area contributed by atoms with Crippen LogP contribution in [0.15, 0.2) is 47.4 Å². The van der Waals surface area contributed by atoms with Crippen LogP contribution in [-0.4, -0.2) is 35.0 Å². The van der Waals surface area contributed by atoms with Crippen molar-refractivity contribution < 1.29 is 17.9 Å². The summed E-state index contributed by atoms with van der Waals surface area (Å²) in [5.74, 6) is 0.264. The summed E-state index contributed by atoms with van der Waals surface area (Å²) in [4.78, 5) is 12.7. The summed E-state index contributed by atoms with van der Waals surface area (Å²) < 4.78 is 33.1. The second-order valence-corrected chi connectivity index (χ2v) is 9.42. The summed E-state index contributed by atoms with van der Waals surface area (Å²) in [7, 11) is -0.866. The zero-order valence-electron chi connectivity index (χ0n) is 15.5. The number of sulfonamides is 1. The van der Waals surface area contributed by atoms with Crippen molar-refractivity contribution >= 4 is 54.6 Å². The summed E-state index contributed by atoms with van der Waals surface area (Å²) in [5, 5.41) is 3.79. The number of anilines is 1. The summed E-state index contributed by atoms with van der Waals surface area (Å²) in [6, 6.07) is 11.4. The average Bonchev–Trinajstić information content (AvgIpc) is 3.11. The number of carbonyl (C=O) groups excluding carboxylic acids is 1. The molecular formula is C19H19ClN2O4S2. The average molecular weight is 439 g/mol. The number of hydrogen-bond acceptors (Lipinski definition) is 5. The monoisotopic (exact) mass is 438 g/mol. The zero-order valence-corrected chi connectivity index (χ0v) is 17.9. The van der Waals surface area contributed by atoms with Gasteiger partial charge in [0.15, 0.2) is 0 Å². The third-order valence-electron chi connectivity index (χ3n) is 4.21. The molecule has 0 aliphatic heterocycles. The summed E-state index contributed by atoms with van der Waals surface area (Å²) in [5.41, 5.74) is 0.486. The van der Waals surface area contributed by atoms with Crippen LogP contribution in [0.5, 0.6) is 5.75 Å². The Morgan fingerprint density at radius 1 is 1.21 bits per heavy atom. The number of hydrogen-bond donors (Lipinski definition) is 1. The second-order valence-electron chi connectivity index (χ2n) is 5.96. The Kier molecular flexibility index (Phi) is 5.83. The smallest absolute Gasteiger partial charge is 0.264 e. The number of methoxy groups -OCH3 is 1. The fourth-order valence-electron chi connectivity index (χ4n) is 2.69. The molecule has 9 heteroatoms. The minimum atomic E-state index is -3.81. The number of halogens is 1. The number of nitrogens with zero attached hydrogens (tertiary/aromatic N) is 1. The molecule has 0 bridgehead atoms. The molecule has 0 aliphatic carbocycles. The molecule has 6 nitrogen and oxygen atoms in total. The van der Waals surface area contributed by atoms with Crippen LogP contribution < -0.4 is 14.4 Å². The Hall–Kier alpha value is -2.29. The van der Waals surface area contributed by atoms with Gasteiger partial charge < -0.3 is 10.1 Å². The van der Waals surface area contributed by atoms with Gasteiger partial charge >= 0.3 is 0 Å². The Morgan fingerprint density at radius 2 is 1.96 bits per heavy atom. The van der Waals surface area contributed by atoms with Crippen molar-refractivity contribution in [3.05, 3.63) is 52.4 Å². The standard InChI is InChI=1S/C19H19ClN2O4S2/c1-4-21-19(23)18-10-12-9-13(5-8-17(12)27-18)22(2)28(24,25)14-6-7-16(26-3)15(20)11-14/h5-11H,4H2,1-3H3,(H,21,23). The van der Waals surface area contributed by atoms with Gasteiger partial charge in [0.05, 0.1) is 27.6 Å². The molecule has 2 aromatic carbocycles. The largest absolute Gasteiger partial charge is 0.495 e. The van der Waals surface area contributed by atoms with E-state index < -0.39 is 10.0 Å². The van der Waals surface area contributed by atoms with E-state index in [2.05, 4.69) is 5.32 Å². The number of amides is 1. The number of rotatable bonds is 6. The number of benzene rings is 2. The van der Waals surface area contributed by atoms with E-state index in [1.54, 1.807) is 18.2 Å². The van der Waals surface area contributed by atoms with Gasteiger partial charge in [0, 0.05) is 18.3 Å². The molecule has 0 aliphatic rings. The lowest BCUT2D eigenvalue weighted by molar-refractivity contribution is 0.0960. The van der Waals surface area contributed by atoms with Crippen molar-refractivity contribution in [2.24, 2.45) is 0 Å². The predicted molar refractivity (Wildman–Crippen MR) is 113 cm³/mol. The van der Waals surface area contributed by atoms with Crippen molar-refractivity contribution in [1.82, 2.24) is 5.32 Å². The lowest BCUT2D eigenvalue weighted by atomic mass is 10.2. The van der Waals surface area contributed by atoms with Crippen molar-refractivity contribution in [2.45, 2.75) is 11.8 Å². The molecule has 1 amide bonds. The molecule has 0 unspecified atom stereocenters. The van der Waals surface area contributed by atoms with Crippen molar-refractivity contribution in [2.75, 3.05) is 25.0 Å². The minimum absolute atomic E-state index is 0.0641. The Morgan fingerprint density at radius 3 is 2.61 bits per heavy atom. The van der Waals surface area contributed by atoms with Crippen molar-refractivity contribution in [3.8, 4) is 5.75 Å². The van der Waals surface area contributed by atoms with Crippen LogP contribution in [0, 0.1) is 0 Å². The third kappa shape index (κ3) is 3.80. The van der Waals surface area contributed by atoms with Crippen LogP contribution in [0.25, 0.3) is 10.1 Å². The second kappa shape index (κ2) is 7.98. The summed E-state index contributed by atoms with van der Waals surface area (Å²) in [6.45, 7) is 2.40.